The Balaban J connectivity index is 2.71. The van der Waals surface area contributed by atoms with E-state index in [2.05, 4.69) is 10.3 Å². The first-order valence-electron chi connectivity index (χ1n) is 5.69. The van der Waals surface area contributed by atoms with Crippen molar-refractivity contribution in [1.29, 1.82) is 0 Å². The van der Waals surface area contributed by atoms with E-state index in [9.17, 15) is 8.78 Å². The van der Waals surface area contributed by atoms with Crippen molar-refractivity contribution in [2.45, 2.75) is 13.3 Å². The summed E-state index contributed by atoms with van der Waals surface area (Å²) in [4.78, 5) is 3.99. The Morgan fingerprint density at radius 3 is 2.78 bits per heavy atom. The number of aromatic nitrogens is 1. The highest BCUT2D eigenvalue weighted by atomic mass is 19.3. The molecule has 3 nitrogen and oxygen atoms in total. The van der Waals surface area contributed by atoms with E-state index in [4.69, 9.17) is 4.74 Å². The molecule has 0 fully saturated rings. The summed E-state index contributed by atoms with van der Waals surface area (Å²) in [5, 5.41) is 3.68. The van der Waals surface area contributed by atoms with Crippen LogP contribution in [0.25, 0.3) is 10.9 Å². The van der Waals surface area contributed by atoms with Crippen molar-refractivity contribution in [3.8, 4) is 5.75 Å². The number of fused-ring (bicyclic) bond motifs is 1. The average molecular weight is 252 g/mol. The van der Waals surface area contributed by atoms with Gasteiger partial charge in [0.25, 0.3) is 6.43 Å². The van der Waals surface area contributed by atoms with Gasteiger partial charge in [0.1, 0.15) is 17.0 Å². The zero-order chi connectivity index (χ0) is 13.1. The molecule has 0 spiro atoms. The minimum atomic E-state index is -2.60. The highest BCUT2D eigenvalue weighted by Crippen LogP contribution is 2.32. The van der Waals surface area contributed by atoms with Crippen molar-refractivity contribution in [1.82, 2.24) is 4.98 Å². The number of rotatable bonds is 4. The molecule has 1 N–H and O–H groups in total. The molecular weight excluding hydrogens is 238 g/mol. The van der Waals surface area contributed by atoms with Gasteiger partial charge in [0.05, 0.1) is 6.61 Å². The van der Waals surface area contributed by atoms with Crippen molar-refractivity contribution in [3.63, 3.8) is 0 Å². The molecule has 18 heavy (non-hydrogen) atoms. The van der Waals surface area contributed by atoms with Gasteiger partial charge in [-0.1, -0.05) is 12.1 Å². The molecule has 0 saturated carbocycles. The third-order valence-electron chi connectivity index (χ3n) is 2.62. The summed E-state index contributed by atoms with van der Waals surface area (Å²) in [7, 11) is 1.69. The van der Waals surface area contributed by atoms with Crippen LogP contribution < -0.4 is 10.1 Å². The highest BCUT2D eigenvalue weighted by molar-refractivity contribution is 5.95. The smallest absolute Gasteiger partial charge is 0.280 e. The molecule has 1 heterocycles. The fourth-order valence-corrected chi connectivity index (χ4v) is 1.83. The number of anilines is 1. The van der Waals surface area contributed by atoms with Gasteiger partial charge in [0.15, 0.2) is 0 Å². The summed E-state index contributed by atoms with van der Waals surface area (Å²) in [5.74, 6) is 0.522. The van der Waals surface area contributed by atoms with E-state index in [1.54, 1.807) is 13.1 Å². The Hall–Kier alpha value is -1.91. The zero-order valence-electron chi connectivity index (χ0n) is 10.2. The molecule has 0 radical (unpaired) electrons. The van der Waals surface area contributed by atoms with Crippen molar-refractivity contribution in [2.75, 3.05) is 19.0 Å². The summed E-state index contributed by atoms with van der Waals surface area (Å²) in [5.41, 5.74) is 0.831. The SMILES string of the molecule is CCOc1cccc2c(NC)cc(C(F)F)nc12. The predicted molar refractivity (Wildman–Crippen MR) is 67.4 cm³/mol. The molecule has 1 aromatic heterocycles. The van der Waals surface area contributed by atoms with Gasteiger partial charge in [-0.3, -0.25) is 0 Å². The fraction of sp³-hybridized carbons (Fsp3) is 0.308. The lowest BCUT2D eigenvalue weighted by Gasteiger charge is -2.12. The lowest BCUT2D eigenvalue weighted by molar-refractivity contribution is 0.146. The van der Waals surface area contributed by atoms with Crippen LogP contribution in [0.15, 0.2) is 24.3 Å². The first-order valence-corrected chi connectivity index (χ1v) is 5.69. The Labute approximate surface area is 104 Å². The number of ether oxygens (including phenoxy) is 1. The predicted octanol–water partition coefficient (Wildman–Crippen LogP) is 3.61. The van der Waals surface area contributed by atoms with Crippen LogP contribution in [0.3, 0.4) is 0 Å². The second-order valence-corrected chi connectivity index (χ2v) is 3.73. The van der Waals surface area contributed by atoms with E-state index < -0.39 is 6.43 Å². The van der Waals surface area contributed by atoms with E-state index in [1.165, 1.54) is 6.07 Å². The summed E-state index contributed by atoms with van der Waals surface area (Å²) in [6.07, 6.45) is -2.60. The van der Waals surface area contributed by atoms with Crippen molar-refractivity contribution < 1.29 is 13.5 Å². The van der Waals surface area contributed by atoms with E-state index in [0.717, 1.165) is 5.39 Å². The van der Waals surface area contributed by atoms with E-state index in [0.29, 0.717) is 23.6 Å². The van der Waals surface area contributed by atoms with Crippen molar-refractivity contribution in [3.05, 3.63) is 30.0 Å². The van der Waals surface area contributed by atoms with Crippen LogP contribution in [0.4, 0.5) is 14.5 Å². The number of hydrogen-bond acceptors (Lipinski definition) is 3. The van der Waals surface area contributed by atoms with Gasteiger partial charge < -0.3 is 10.1 Å². The molecule has 1 aromatic carbocycles. The van der Waals surface area contributed by atoms with Gasteiger partial charge in [-0.25, -0.2) is 13.8 Å². The minimum Gasteiger partial charge on any atom is -0.492 e. The molecule has 0 aliphatic heterocycles. The second kappa shape index (κ2) is 5.16. The molecule has 0 aliphatic rings. The zero-order valence-corrected chi connectivity index (χ0v) is 10.2. The number of benzene rings is 1. The van der Waals surface area contributed by atoms with E-state index >= 15 is 0 Å². The van der Waals surface area contributed by atoms with Gasteiger partial charge in [-0.15, -0.1) is 0 Å². The van der Waals surface area contributed by atoms with Crippen LogP contribution >= 0.6 is 0 Å². The molecule has 2 aromatic rings. The lowest BCUT2D eigenvalue weighted by atomic mass is 10.1. The average Bonchev–Trinajstić information content (AvgIpc) is 2.38. The van der Waals surface area contributed by atoms with Crippen LogP contribution in [0.5, 0.6) is 5.75 Å². The van der Waals surface area contributed by atoms with E-state index in [1.807, 2.05) is 19.1 Å². The first-order chi connectivity index (χ1) is 8.67. The van der Waals surface area contributed by atoms with Crippen LogP contribution in [-0.4, -0.2) is 18.6 Å². The van der Waals surface area contributed by atoms with Crippen LogP contribution in [0.1, 0.15) is 19.0 Å². The maximum absolute atomic E-state index is 12.8. The van der Waals surface area contributed by atoms with Crippen molar-refractivity contribution in [2.24, 2.45) is 0 Å². The largest absolute Gasteiger partial charge is 0.492 e. The van der Waals surface area contributed by atoms with Gasteiger partial charge in [0.2, 0.25) is 0 Å². The summed E-state index contributed by atoms with van der Waals surface area (Å²) in [6.45, 7) is 2.31. The van der Waals surface area contributed by atoms with Crippen LogP contribution in [-0.2, 0) is 0 Å². The lowest BCUT2D eigenvalue weighted by Crippen LogP contribution is -2.00. The number of halogens is 2. The number of para-hydroxylation sites is 1. The fourth-order valence-electron chi connectivity index (χ4n) is 1.83. The second-order valence-electron chi connectivity index (χ2n) is 3.73. The maximum Gasteiger partial charge on any atom is 0.280 e. The Morgan fingerprint density at radius 2 is 2.17 bits per heavy atom. The third-order valence-corrected chi connectivity index (χ3v) is 2.62. The molecule has 0 aliphatic carbocycles. The van der Waals surface area contributed by atoms with Crippen LogP contribution in [0, 0.1) is 0 Å². The molecular formula is C13H14F2N2O. The standard InChI is InChI=1S/C13H14F2N2O/c1-3-18-11-6-4-5-8-9(16-2)7-10(13(14)15)17-12(8)11/h4-7,13H,3H2,1-2H3,(H,16,17). The normalized spacial score (nSPS) is 10.9. The molecule has 5 heteroatoms. The summed E-state index contributed by atoms with van der Waals surface area (Å²) in [6, 6.07) is 6.74. The summed E-state index contributed by atoms with van der Waals surface area (Å²) < 4.78 is 31.0. The number of pyridine rings is 1. The third kappa shape index (κ3) is 2.20. The number of nitrogens with zero attached hydrogens (tertiary/aromatic N) is 1. The molecule has 0 atom stereocenters. The molecule has 0 amide bonds. The van der Waals surface area contributed by atoms with Crippen LogP contribution in [0.2, 0.25) is 0 Å². The van der Waals surface area contributed by atoms with Gasteiger partial charge in [-0.2, -0.15) is 0 Å². The highest BCUT2D eigenvalue weighted by Gasteiger charge is 2.14. The molecule has 0 saturated heterocycles. The molecule has 0 bridgehead atoms. The Bertz CT molecular complexity index is 558. The number of nitrogens with one attached hydrogen (secondary N) is 1. The van der Waals surface area contributed by atoms with E-state index in [-0.39, 0.29) is 5.69 Å². The first kappa shape index (κ1) is 12.5. The topological polar surface area (TPSA) is 34.1 Å². The monoisotopic (exact) mass is 252 g/mol. The summed E-state index contributed by atoms with van der Waals surface area (Å²) >= 11 is 0. The Kier molecular flexibility index (Phi) is 3.60. The van der Waals surface area contributed by atoms with Gasteiger partial charge >= 0.3 is 0 Å². The Morgan fingerprint density at radius 1 is 1.39 bits per heavy atom. The molecule has 96 valence electrons. The number of alkyl halides is 2. The van der Waals surface area contributed by atoms with Crippen molar-refractivity contribution >= 4 is 16.6 Å². The number of hydrogen-bond donors (Lipinski definition) is 1. The molecule has 0 unspecified atom stereocenters. The quantitative estimate of drug-likeness (QED) is 0.902. The minimum absolute atomic E-state index is 0.251. The van der Waals surface area contributed by atoms with Gasteiger partial charge in [-0.05, 0) is 19.1 Å². The molecule has 2 rings (SSSR count). The maximum atomic E-state index is 12.8. The van der Waals surface area contributed by atoms with Gasteiger partial charge in [0, 0.05) is 18.1 Å².